The summed E-state index contributed by atoms with van der Waals surface area (Å²) in [5.74, 6) is 2.98. The number of nitrogens with one attached hydrogen (secondary N) is 1. The van der Waals surface area contributed by atoms with Gasteiger partial charge in [0.1, 0.15) is 17.3 Å². The smallest absolute Gasteiger partial charge is 0.150 e. The van der Waals surface area contributed by atoms with Gasteiger partial charge in [-0.25, -0.2) is 4.98 Å². The van der Waals surface area contributed by atoms with Crippen LogP contribution in [0.2, 0.25) is 0 Å². The van der Waals surface area contributed by atoms with E-state index in [1.165, 1.54) is 17.7 Å². The highest BCUT2D eigenvalue weighted by molar-refractivity contribution is 7.13. The maximum Gasteiger partial charge on any atom is 0.150 e. The quantitative estimate of drug-likeness (QED) is 0.757. The van der Waals surface area contributed by atoms with Crippen LogP contribution in [0.4, 0.5) is 0 Å². The van der Waals surface area contributed by atoms with Crippen molar-refractivity contribution in [2.45, 2.75) is 32.0 Å². The number of furan rings is 1. The molecule has 0 spiro atoms. The van der Waals surface area contributed by atoms with Crippen LogP contribution in [-0.4, -0.2) is 15.6 Å². The standard InChI is InChI=1S/C16H17N3OS/c1-2-15(21-9-1)16-17-7-8-19(16)11-14-6-5-13(20-14)10-18-12-3-4-12/h1-2,5-9,12,18H,3-4,10-11H2. The van der Waals surface area contributed by atoms with Gasteiger partial charge in [-0.3, -0.25) is 0 Å². The Morgan fingerprint density at radius 1 is 1.29 bits per heavy atom. The van der Waals surface area contributed by atoms with E-state index >= 15 is 0 Å². The van der Waals surface area contributed by atoms with Crippen LogP contribution >= 0.6 is 11.3 Å². The van der Waals surface area contributed by atoms with Crippen molar-refractivity contribution in [2.24, 2.45) is 0 Å². The summed E-state index contributed by atoms with van der Waals surface area (Å²) in [4.78, 5) is 5.63. The second kappa shape index (κ2) is 5.50. The zero-order valence-corrected chi connectivity index (χ0v) is 12.5. The van der Waals surface area contributed by atoms with Gasteiger partial charge in [0.25, 0.3) is 0 Å². The summed E-state index contributed by atoms with van der Waals surface area (Å²) in [5, 5.41) is 5.54. The number of rotatable bonds is 6. The Kier molecular flexibility index (Phi) is 3.37. The van der Waals surface area contributed by atoms with Crippen molar-refractivity contribution in [3.8, 4) is 10.7 Å². The Labute approximate surface area is 127 Å². The SMILES string of the molecule is c1csc(-c2nccn2Cc2ccc(CNC3CC3)o2)c1. The number of hydrogen-bond acceptors (Lipinski definition) is 4. The topological polar surface area (TPSA) is 43.0 Å². The van der Waals surface area contributed by atoms with Crippen LogP contribution in [0.5, 0.6) is 0 Å². The van der Waals surface area contributed by atoms with Gasteiger partial charge in [-0.15, -0.1) is 11.3 Å². The molecule has 0 bridgehead atoms. The van der Waals surface area contributed by atoms with Crippen LogP contribution in [0.25, 0.3) is 10.7 Å². The minimum atomic E-state index is 0.706. The molecule has 1 fully saturated rings. The van der Waals surface area contributed by atoms with Crippen molar-refractivity contribution in [1.29, 1.82) is 0 Å². The number of thiophene rings is 1. The zero-order chi connectivity index (χ0) is 14.1. The van der Waals surface area contributed by atoms with E-state index in [-0.39, 0.29) is 0 Å². The molecular weight excluding hydrogens is 282 g/mol. The average molecular weight is 299 g/mol. The molecule has 1 aliphatic carbocycles. The molecule has 0 atom stereocenters. The number of hydrogen-bond donors (Lipinski definition) is 1. The lowest BCUT2D eigenvalue weighted by molar-refractivity contribution is 0.437. The summed E-state index contributed by atoms with van der Waals surface area (Å²) in [5.41, 5.74) is 0. The van der Waals surface area contributed by atoms with Crippen LogP contribution in [0.3, 0.4) is 0 Å². The van der Waals surface area contributed by atoms with Gasteiger partial charge >= 0.3 is 0 Å². The molecule has 3 aromatic rings. The van der Waals surface area contributed by atoms with Crippen LogP contribution in [0.15, 0.2) is 46.5 Å². The molecule has 0 aliphatic heterocycles. The molecule has 4 rings (SSSR count). The van der Waals surface area contributed by atoms with E-state index in [1.54, 1.807) is 11.3 Å². The largest absolute Gasteiger partial charge is 0.463 e. The molecule has 4 nitrogen and oxygen atoms in total. The Morgan fingerprint density at radius 2 is 2.19 bits per heavy atom. The Morgan fingerprint density at radius 3 is 3.00 bits per heavy atom. The molecule has 108 valence electrons. The number of nitrogens with zero attached hydrogens (tertiary/aromatic N) is 2. The van der Waals surface area contributed by atoms with E-state index in [4.69, 9.17) is 4.42 Å². The Hall–Kier alpha value is -1.85. The van der Waals surface area contributed by atoms with E-state index in [0.29, 0.717) is 6.04 Å². The van der Waals surface area contributed by atoms with Crippen LogP contribution in [0.1, 0.15) is 24.4 Å². The zero-order valence-electron chi connectivity index (χ0n) is 11.7. The molecule has 0 saturated heterocycles. The summed E-state index contributed by atoms with van der Waals surface area (Å²) < 4.78 is 8.03. The third-order valence-electron chi connectivity index (χ3n) is 3.64. The molecule has 5 heteroatoms. The molecule has 3 heterocycles. The predicted molar refractivity (Wildman–Crippen MR) is 83.2 cm³/mol. The summed E-state index contributed by atoms with van der Waals surface area (Å²) >= 11 is 1.70. The molecule has 21 heavy (non-hydrogen) atoms. The van der Waals surface area contributed by atoms with Crippen LogP contribution in [-0.2, 0) is 13.1 Å². The second-order valence-corrected chi connectivity index (χ2v) is 6.33. The lowest BCUT2D eigenvalue weighted by atomic mass is 10.4. The van der Waals surface area contributed by atoms with Gasteiger partial charge < -0.3 is 14.3 Å². The molecule has 1 N–H and O–H groups in total. The Bertz CT molecular complexity index is 710. The van der Waals surface area contributed by atoms with E-state index in [0.717, 1.165) is 30.4 Å². The molecular formula is C16H17N3OS. The molecule has 0 unspecified atom stereocenters. The maximum atomic E-state index is 5.90. The van der Waals surface area contributed by atoms with Gasteiger partial charge in [0.15, 0.2) is 0 Å². The molecule has 3 aromatic heterocycles. The highest BCUT2D eigenvalue weighted by Gasteiger charge is 2.20. The van der Waals surface area contributed by atoms with Crippen molar-refractivity contribution in [3.05, 3.63) is 53.6 Å². The fraction of sp³-hybridized carbons (Fsp3) is 0.312. The summed E-state index contributed by atoms with van der Waals surface area (Å²) in [6.07, 6.45) is 6.44. The van der Waals surface area contributed by atoms with Gasteiger partial charge in [0.2, 0.25) is 0 Å². The maximum absolute atomic E-state index is 5.90. The van der Waals surface area contributed by atoms with E-state index in [1.807, 2.05) is 18.5 Å². The van der Waals surface area contributed by atoms with Crippen LogP contribution < -0.4 is 5.32 Å². The lowest BCUT2D eigenvalue weighted by Crippen LogP contribution is -2.14. The number of aromatic nitrogens is 2. The fourth-order valence-corrected chi connectivity index (χ4v) is 3.11. The first kappa shape index (κ1) is 12.9. The highest BCUT2D eigenvalue weighted by atomic mass is 32.1. The van der Waals surface area contributed by atoms with Gasteiger partial charge in [-0.1, -0.05) is 6.07 Å². The van der Waals surface area contributed by atoms with Crippen molar-refractivity contribution in [1.82, 2.24) is 14.9 Å². The van der Waals surface area contributed by atoms with Crippen molar-refractivity contribution in [2.75, 3.05) is 0 Å². The lowest BCUT2D eigenvalue weighted by Gasteiger charge is -2.04. The summed E-state index contributed by atoms with van der Waals surface area (Å²) in [7, 11) is 0. The van der Waals surface area contributed by atoms with Gasteiger partial charge in [-0.05, 0) is 36.4 Å². The first-order chi connectivity index (χ1) is 10.4. The van der Waals surface area contributed by atoms with Gasteiger partial charge in [-0.2, -0.15) is 0 Å². The second-order valence-electron chi connectivity index (χ2n) is 5.38. The first-order valence-corrected chi connectivity index (χ1v) is 8.12. The van der Waals surface area contributed by atoms with Crippen LogP contribution in [0, 0.1) is 0 Å². The Balaban J connectivity index is 1.47. The monoisotopic (exact) mass is 299 g/mol. The number of imidazole rings is 1. The normalized spacial score (nSPS) is 14.7. The molecule has 1 saturated carbocycles. The van der Waals surface area contributed by atoms with Crippen molar-refractivity contribution in [3.63, 3.8) is 0 Å². The fourth-order valence-electron chi connectivity index (χ4n) is 2.37. The third-order valence-corrected chi connectivity index (χ3v) is 4.51. The summed E-state index contributed by atoms with van der Waals surface area (Å²) in [6, 6.07) is 8.97. The van der Waals surface area contributed by atoms with Crippen molar-refractivity contribution >= 4 is 11.3 Å². The van der Waals surface area contributed by atoms with E-state index < -0.39 is 0 Å². The van der Waals surface area contributed by atoms with Crippen molar-refractivity contribution < 1.29 is 4.42 Å². The molecule has 0 amide bonds. The minimum absolute atomic E-state index is 0.706. The first-order valence-electron chi connectivity index (χ1n) is 7.24. The van der Waals surface area contributed by atoms with Gasteiger partial charge in [0, 0.05) is 18.4 Å². The molecule has 1 aliphatic rings. The third kappa shape index (κ3) is 2.94. The van der Waals surface area contributed by atoms with Gasteiger partial charge in [0.05, 0.1) is 18.0 Å². The summed E-state index contributed by atoms with van der Waals surface area (Å²) in [6.45, 7) is 1.54. The average Bonchev–Trinajstić information content (AvgIpc) is 2.92. The highest BCUT2D eigenvalue weighted by Crippen LogP contribution is 2.24. The minimum Gasteiger partial charge on any atom is -0.463 e. The van der Waals surface area contributed by atoms with E-state index in [9.17, 15) is 0 Å². The molecule has 0 aromatic carbocycles. The predicted octanol–water partition coefficient (Wildman–Crippen LogP) is 3.50. The van der Waals surface area contributed by atoms with E-state index in [2.05, 4.69) is 38.4 Å². The molecule has 0 radical (unpaired) electrons.